The fourth-order valence-corrected chi connectivity index (χ4v) is 3.47. The maximum Gasteiger partial charge on any atom is 0.156 e. The average Bonchev–Trinajstić information content (AvgIpc) is 1.98. The normalized spacial score (nSPS) is 36.8. The highest BCUT2D eigenvalue weighted by Crippen LogP contribution is 2.55. The van der Waals surface area contributed by atoms with Crippen molar-refractivity contribution in [3.05, 3.63) is 10.6 Å². The van der Waals surface area contributed by atoms with E-state index in [0.717, 1.165) is 0 Å². The second-order valence-corrected chi connectivity index (χ2v) is 6.72. The largest absolute Gasteiger partial charge is 0.297 e. The minimum Gasteiger partial charge on any atom is -0.297 e. The highest BCUT2D eigenvalue weighted by Gasteiger charge is 2.61. The Morgan fingerprint density at radius 3 is 2.23 bits per heavy atom. The van der Waals surface area contributed by atoms with Gasteiger partial charge in [0.1, 0.15) is 4.49 Å². The molecule has 0 aromatic heterocycles. The SMILES string of the molecule is CC1(C)C(=O)C(C)(Br)C1C=C(Cl)Cl. The number of ketones is 1. The monoisotopic (exact) mass is 284 g/mol. The lowest BCUT2D eigenvalue weighted by atomic mass is 9.55. The summed E-state index contributed by atoms with van der Waals surface area (Å²) in [6.07, 6.45) is 1.72. The first-order chi connectivity index (χ1) is 5.70. The zero-order chi connectivity index (χ0) is 10.4. The summed E-state index contributed by atoms with van der Waals surface area (Å²) in [5, 5.41) is 0. The van der Waals surface area contributed by atoms with Crippen LogP contribution in [0.3, 0.4) is 0 Å². The van der Waals surface area contributed by atoms with Crippen LogP contribution >= 0.6 is 39.1 Å². The van der Waals surface area contributed by atoms with E-state index >= 15 is 0 Å². The second kappa shape index (κ2) is 3.25. The Hall–Kier alpha value is 0.470. The van der Waals surface area contributed by atoms with E-state index < -0.39 is 4.32 Å². The molecule has 0 aromatic carbocycles. The summed E-state index contributed by atoms with van der Waals surface area (Å²) in [6.45, 7) is 5.64. The van der Waals surface area contributed by atoms with Gasteiger partial charge in [-0.15, -0.1) is 0 Å². The lowest BCUT2D eigenvalue weighted by Crippen LogP contribution is -2.62. The molecule has 0 spiro atoms. The van der Waals surface area contributed by atoms with E-state index in [0.29, 0.717) is 0 Å². The zero-order valence-corrected chi connectivity index (χ0v) is 10.8. The van der Waals surface area contributed by atoms with E-state index in [2.05, 4.69) is 15.9 Å². The number of halogens is 3. The van der Waals surface area contributed by atoms with Crippen LogP contribution in [0.1, 0.15) is 20.8 Å². The van der Waals surface area contributed by atoms with Crippen LogP contribution in [-0.4, -0.2) is 10.1 Å². The van der Waals surface area contributed by atoms with E-state index in [1.807, 2.05) is 20.8 Å². The van der Waals surface area contributed by atoms with Gasteiger partial charge in [0.05, 0.1) is 4.32 Å². The number of alkyl halides is 1. The van der Waals surface area contributed by atoms with Crippen LogP contribution in [0, 0.1) is 11.3 Å². The molecule has 1 saturated carbocycles. The molecule has 1 fully saturated rings. The summed E-state index contributed by atoms with van der Waals surface area (Å²) in [6, 6.07) is 0. The lowest BCUT2D eigenvalue weighted by Gasteiger charge is -2.52. The van der Waals surface area contributed by atoms with Crippen molar-refractivity contribution in [2.24, 2.45) is 11.3 Å². The topological polar surface area (TPSA) is 17.1 Å². The Kier molecular flexibility index (Phi) is 2.89. The maximum atomic E-state index is 11.6. The van der Waals surface area contributed by atoms with E-state index in [-0.39, 0.29) is 21.6 Å². The molecule has 2 unspecified atom stereocenters. The van der Waals surface area contributed by atoms with Gasteiger partial charge in [0.15, 0.2) is 5.78 Å². The number of carbonyl (C=O) groups excluding carboxylic acids is 1. The fraction of sp³-hybridized carbons (Fsp3) is 0.667. The van der Waals surface area contributed by atoms with Gasteiger partial charge in [-0.2, -0.15) is 0 Å². The van der Waals surface area contributed by atoms with Crippen LogP contribution in [0.25, 0.3) is 0 Å². The van der Waals surface area contributed by atoms with Crippen molar-refractivity contribution in [1.29, 1.82) is 0 Å². The molecular formula is C9H11BrCl2O. The van der Waals surface area contributed by atoms with Gasteiger partial charge in [0.2, 0.25) is 0 Å². The molecule has 0 bridgehead atoms. The van der Waals surface area contributed by atoms with Crippen molar-refractivity contribution in [1.82, 2.24) is 0 Å². The Morgan fingerprint density at radius 2 is 1.92 bits per heavy atom. The van der Waals surface area contributed by atoms with Gasteiger partial charge in [-0.25, -0.2) is 0 Å². The predicted octanol–water partition coefficient (Wildman–Crippen LogP) is 3.68. The van der Waals surface area contributed by atoms with Gasteiger partial charge in [-0.1, -0.05) is 53.0 Å². The van der Waals surface area contributed by atoms with Crippen LogP contribution in [0.15, 0.2) is 10.6 Å². The second-order valence-electron chi connectivity index (χ2n) is 4.06. The molecular weight excluding hydrogens is 275 g/mol. The van der Waals surface area contributed by atoms with Crippen LogP contribution in [-0.2, 0) is 4.79 Å². The summed E-state index contributed by atoms with van der Waals surface area (Å²) in [5.74, 6) is 0.244. The fourth-order valence-electron chi connectivity index (χ4n) is 2.00. The summed E-state index contributed by atoms with van der Waals surface area (Å²) in [5.41, 5.74) is -0.368. The first-order valence-electron chi connectivity index (χ1n) is 3.97. The molecule has 1 nitrogen and oxygen atoms in total. The molecule has 0 heterocycles. The molecule has 0 aromatic rings. The van der Waals surface area contributed by atoms with Crippen molar-refractivity contribution in [2.45, 2.75) is 25.1 Å². The minimum absolute atomic E-state index is 0.0532. The van der Waals surface area contributed by atoms with E-state index in [1.54, 1.807) is 6.08 Å². The molecule has 2 atom stereocenters. The molecule has 4 heteroatoms. The van der Waals surface area contributed by atoms with Gasteiger partial charge in [-0.05, 0) is 13.0 Å². The standard InChI is InChI=1S/C9H11BrCl2O/c1-8(2)5(4-6(11)12)9(3,10)7(8)13/h4-5H,1-3H3. The number of rotatable bonds is 1. The minimum atomic E-state index is -0.508. The Morgan fingerprint density at radius 1 is 1.46 bits per heavy atom. The summed E-state index contributed by atoms with van der Waals surface area (Å²) >= 11 is 14.6. The van der Waals surface area contributed by atoms with Gasteiger partial charge in [0.25, 0.3) is 0 Å². The number of hydrogen-bond acceptors (Lipinski definition) is 1. The van der Waals surface area contributed by atoms with Crippen molar-refractivity contribution in [2.75, 3.05) is 0 Å². The van der Waals surface area contributed by atoms with Crippen LogP contribution in [0.4, 0.5) is 0 Å². The highest BCUT2D eigenvalue weighted by atomic mass is 79.9. The average molecular weight is 286 g/mol. The molecule has 13 heavy (non-hydrogen) atoms. The molecule has 0 saturated heterocycles. The summed E-state index contributed by atoms with van der Waals surface area (Å²) in [7, 11) is 0. The lowest BCUT2D eigenvalue weighted by molar-refractivity contribution is -0.144. The Labute approximate surface area is 96.6 Å². The number of Topliss-reactive ketones (excluding diaryl/α,β-unsaturated/α-hetero) is 1. The van der Waals surface area contributed by atoms with Gasteiger partial charge in [0, 0.05) is 11.3 Å². The summed E-state index contributed by atoms with van der Waals surface area (Å²) in [4.78, 5) is 11.6. The van der Waals surface area contributed by atoms with Crippen LogP contribution in [0.5, 0.6) is 0 Å². The van der Waals surface area contributed by atoms with Crippen LogP contribution < -0.4 is 0 Å². The van der Waals surface area contributed by atoms with Crippen molar-refractivity contribution in [3.8, 4) is 0 Å². The van der Waals surface area contributed by atoms with Gasteiger partial charge in [-0.3, -0.25) is 4.79 Å². The van der Waals surface area contributed by atoms with E-state index in [1.165, 1.54) is 0 Å². The molecule has 1 aliphatic rings. The third kappa shape index (κ3) is 1.69. The molecule has 0 N–H and O–H groups in total. The number of carbonyl (C=O) groups is 1. The molecule has 1 aliphatic carbocycles. The molecule has 1 rings (SSSR count). The zero-order valence-electron chi connectivity index (χ0n) is 7.70. The van der Waals surface area contributed by atoms with E-state index in [4.69, 9.17) is 23.2 Å². The molecule has 0 aliphatic heterocycles. The quantitative estimate of drug-likeness (QED) is 0.672. The van der Waals surface area contributed by atoms with Crippen molar-refractivity contribution in [3.63, 3.8) is 0 Å². The summed E-state index contributed by atoms with van der Waals surface area (Å²) < 4.78 is -0.290. The van der Waals surface area contributed by atoms with Crippen LogP contribution in [0.2, 0.25) is 0 Å². The molecule has 0 amide bonds. The Bertz CT molecular complexity index is 259. The first kappa shape index (κ1) is 11.5. The van der Waals surface area contributed by atoms with Crippen molar-refractivity contribution < 1.29 is 4.79 Å². The third-order valence-corrected chi connectivity index (χ3v) is 3.79. The first-order valence-corrected chi connectivity index (χ1v) is 5.52. The van der Waals surface area contributed by atoms with Gasteiger partial charge >= 0.3 is 0 Å². The van der Waals surface area contributed by atoms with E-state index in [9.17, 15) is 4.79 Å². The molecule has 0 radical (unpaired) electrons. The molecule has 74 valence electrons. The Balaban J connectivity index is 2.98. The van der Waals surface area contributed by atoms with Crippen molar-refractivity contribution >= 4 is 44.9 Å². The highest BCUT2D eigenvalue weighted by molar-refractivity contribution is 9.10. The third-order valence-electron chi connectivity index (χ3n) is 2.68. The van der Waals surface area contributed by atoms with Gasteiger partial charge < -0.3 is 0 Å². The smallest absolute Gasteiger partial charge is 0.156 e. The number of allylic oxidation sites excluding steroid dienone is 1. The number of hydrogen-bond donors (Lipinski definition) is 0. The maximum absolute atomic E-state index is 11.6. The predicted molar refractivity (Wildman–Crippen MR) is 59.4 cm³/mol.